The van der Waals surface area contributed by atoms with Crippen LogP contribution in [0.15, 0.2) is 18.2 Å². The Hall–Kier alpha value is -0.730. The van der Waals surface area contributed by atoms with Crippen LogP contribution in [0, 0.1) is 11.3 Å². The SMILES string of the molecule is COc1ccc(C(N)C2(CC(C)C)CCCC2)c(Cl)c1. The molecule has 0 aliphatic heterocycles. The summed E-state index contributed by atoms with van der Waals surface area (Å²) in [6.45, 7) is 4.56. The Bertz CT molecular complexity index is 452. The van der Waals surface area contributed by atoms with Crippen molar-refractivity contribution in [3.05, 3.63) is 28.8 Å². The number of ether oxygens (including phenoxy) is 1. The van der Waals surface area contributed by atoms with E-state index in [0.717, 1.165) is 16.3 Å². The molecule has 1 saturated carbocycles. The fourth-order valence-corrected chi connectivity index (χ4v) is 4.04. The lowest BCUT2D eigenvalue weighted by atomic mass is 9.71. The maximum Gasteiger partial charge on any atom is 0.120 e. The first kappa shape index (κ1) is 15.7. The van der Waals surface area contributed by atoms with Crippen LogP contribution in [0.25, 0.3) is 0 Å². The molecule has 1 aromatic rings. The van der Waals surface area contributed by atoms with E-state index in [9.17, 15) is 0 Å². The molecule has 1 aromatic carbocycles. The van der Waals surface area contributed by atoms with Crippen molar-refractivity contribution in [2.75, 3.05) is 7.11 Å². The molecule has 1 aliphatic carbocycles. The van der Waals surface area contributed by atoms with Crippen LogP contribution in [0.2, 0.25) is 5.02 Å². The topological polar surface area (TPSA) is 35.2 Å². The summed E-state index contributed by atoms with van der Waals surface area (Å²) in [5.41, 5.74) is 7.93. The van der Waals surface area contributed by atoms with Gasteiger partial charge in [-0.1, -0.05) is 44.4 Å². The maximum absolute atomic E-state index is 6.65. The summed E-state index contributed by atoms with van der Waals surface area (Å²) in [4.78, 5) is 0. The Balaban J connectivity index is 2.30. The highest BCUT2D eigenvalue weighted by atomic mass is 35.5. The van der Waals surface area contributed by atoms with E-state index >= 15 is 0 Å². The van der Waals surface area contributed by atoms with E-state index in [1.54, 1.807) is 7.11 Å². The molecule has 1 fully saturated rings. The molecular formula is C17H26ClNO. The lowest BCUT2D eigenvalue weighted by Crippen LogP contribution is -2.33. The highest BCUT2D eigenvalue weighted by Crippen LogP contribution is 2.51. The van der Waals surface area contributed by atoms with Crippen LogP contribution in [0.5, 0.6) is 5.75 Å². The number of methoxy groups -OCH3 is 1. The van der Waals surface area contributed by atoms with E-state index in [2.05, 4.69) is 13.8 Å². The van der Waals surface area contributed by atoms with E-state index in [0.29, 0.717) is 5.92 Å². The van der Waals surface area contributed by atoms with Crippen molar-refractivity contribution < 1.29 is 4.74 Å². The van der Waals surface area contributed by atoms with E-state index < -0.39 is 0 Å². The third kappa shape index (κ3) is 3.12. The van der Waals surface area contributed by atoms with Gasteiger partial charge in [-0.25, -0.2) is 0 Å². The first-order valence-corrected chi connectivity index (χ1v) is 7.95. The van der Waals surface area contributed by atoms with Crippen molar-refractivity contribution in [3.8, 4) is 5.75 Å². The van der Waals surface area contributed by atoms with Crippen LogP contribution >= 0.6 is 11.6 Å². The fourth-order valence-electron chi connectivity index (χ4n) is 3.75. The van der Waals surface area contributed by atoms with Gasteiger partial charge in [0, 0.05) is 11.1 Å². The molecule has 0 amide bonds. The first-order valence-electron chi connectivity index (χ1n) is 7.57. The molecule has 20 heavy (non-hydrogen) atoms. The number of rotatable bonds is 5. The van der Waals surface area contributed by atoms with E-state index in [1.165, 1.54) is 32.1 Å². The second-order valence-electron chi connectivity index (χ2n) is 6.53. The Labute approximate surface area is 127 Å². The van der Waals surface area contributed by atoms with Gasteiger partial charge in [-0.3, -0.25) is 0 Å². The molecule has 0 radical (unpaired) electrons. The number of hydrogen-bond donors (Lipinski definition) is 1. The van der Waals surface area contributed by atoms with Gasteiger partial charge in [-0.15, -0.1) is 0 Å². The lowest BCUT2D eigenvalue weighted by Gasteiger charge is -2.37. The second-order valence-corrected chi connectivity index (χ2v) is 6.94. The summed E-state index contributed by atoms with van der Waals surface area (Å²) in [6.07, 6.45) is 6.18. The van der Waals surface area contributed by atoms with Gasteiger partial charge in [-0.05, 0) is 48.3 Å². The molecule has 3 heteroatoms. The smallest absolute Gasteiger partial charge is 0.120 e. The largest absolute Gasteiger partial charge is 0.497 e. The van der Waals surface area contributed by atoms with Gasteiger partial charge in [-0.2, -0.15) is 0 Å². The minimum Gasteiger partial charge on any atom is -0.497 e. The van der Waals surface area contributed by atoms with Crippen molar-refractivity contribution in [1.82, 2.24) is 0 Å². The van der Waals surface area contributed by atoms with Gasteiger partial charge in [0.05, 0.1) is 7.11 Å². The van der Waals surface area contributed by atoms with E-state index in [1.807, 2.05) is 18.2 Å². The zero-order valence-electron chi connectivity index (χ0n) is 12.8. The van der Waals surface area contributed by atoms with Crippen LogP contribution in [0.3, 0.4) is 0 Å². The molecule has 2 N–H and O–H groups in total. The Kier molecular flexibility index (Phi) is 4.98. The zero-order valence-corrected chi connectivity index (χ0v) is 13.5. The molecule has 2 nitrogen and oxygen atoms in total. The van der Waals surface area contributed by atoms with E-state index in [-0.39, 0.29) is 11.5 Å². The monoisotopic (exact) mass is 295 g/mol. The fraction of sp³-hybridized carbons (Fsp3) is 0.647. The molecule has 1 atom stereocenters. The lowest BCUT2D eigenvalue weighted by molar-refractivity contribution is 0.183. The summed E-state index contributed by atoms with van der Waals surface area (Å²) in [7, 11) is 1.66. The van der Waals surface area contributed by atoms with E-state index in [4.69, 9.17) is 22.1 Å². The van der Waals surface area contributed by atoms with Gasteiger partial charge in [0.25, 0.3) is 0 Å². The first-order chi connectivity index (χ1) is 9.48. The van der Waals surface area contributed by atoms with Gasteiger partial charge < -0.3 is 10.5 Å². The molecule has 0 saturated heterocycles. The number of benzene rings is 1. The molecule has 0 aromatic heterocycles. The normalized spacial score (nSPS) is 19.3. The minimum absolute atomic E-state index is 0.0193. The summed E-state index contributed by atoms with van der Waals surface area (Å²) in [5, 5.41) is 0.729. The van der Waals surface area contributed by atoms with Gasteiger partial charge in [0.15, 0.2) is 0 Å². The Morgan fingerprint density at radius 3 is 2.45 bits per heavy atom. The molecule has 1 aliphatic rings. The van der Waals surface area contributed by atoms with Crippen LogP contribution in [0.1, 0.15) is 57.6 Å². The van der Waals surface area contributed by atoms with Crippen LogP contribution < -0.4 is 10.5 Å². The highest BCUT2D eigenvalue weighted by Gasteiger charge is 2.41. The molecule has 112 valence electrons. The van der Waals surface area contributed by atoms with Crippen LogP contribution in [0.4, 0.5) is 0 Å². The molecule has 2 rings (SSSR count). The average molecular weight is 296 g/mol. The third-order valence-corrected chi connectivity index (χ3v) is 4.94. The van der Waals surface area contributed by atoms with Crippen molar-refractivity contribution >= 4 is 11.6 Å². The van der Waals surface area contributed by atoms with Crippen molar-refractivity contribution in [2.24, 2.45) is 17.1 Å². The van der Waals surface area contributed by atoms with Gasteiger partial charge in [0.1, 0.15) is 5.75 Å². The summed E-state index contributed by atoms with van der Waals surface area (Å²) < 4.78 is 5.22. The summed E-state index contributed by atoms with van der Waals surface area (Å²) in [5.74, 6) is 1.45. The zero-order chi connectivity index (χ0) is 14.8. The predicted molar refractivity (Wildman–Crippen MR) is 85.3 cm³/mol. The highest BCUT2D eigenvalue weighted by molar-refractivity contribution is 6.31. The summed E-state index contributed by atoms with van der Waals surface area (Å²) in [6, 6.07) is 5.88. The molecule has 0 spiro atoms. The van der Waals surface area contributed by atoms with Crippen molar-refractivity contribution in [2.45, 2.75) is 52.0 Å². The quantitative estimate of drug-likeness (QED) is 0.833. The van der Waals surface area contributed by atoms with Crippen LogP contribution in [-0.4, -0.2) is 7.11 Å². The summed E-state index contributed by atoms with van der Waals surface area (Å²) >= 11 is 6.42. The molecule has 1 unspecified atom stereocenters. The Morgan fingerprint density at radius 2 is 1.95 bits per heavy atom. The predicted octanol–water partition coefficient (Wildman–Crippen LogP) is 4.95. The van der Waals surface area contributed by atoms with Crippen molar-refractivity contribution in [3.63, 3.8) is 0 Å². The maximum atomic E-state index is 6.65. The second kappa shape index (κ2) is 6.36. The number of nitrogens with two attached hydrogens (primary N) is 1. The number of halogens is 1. The average Bonchev–Trinajstić information content (AvgIpc) is 2.86. The van der Waals surface area contributed by atoms with Crippen molar-refractivity contribution in [1.29, 1.82) is 0 Å². The standard InChI is InChI=1S/C17H26ClNO/c1-12(2)11-17(8-4-5-9-17)16(19)14-7-6-13(20-3)10-15(14)18/h6-7,10,12,16H,4-5,8-9,11,19H2,1-3H3. The Morgan fingerprint density at radius 1 is 1.30 bits per heavy atom. The molecule has 0 heterocycles. The van der Waals surface area contributed by atoms with Gasteiger partial charge >= 0.3 is 0 Å². The third-order valence-electron chi connectivity index (χ3n) is 4.62. The molecule has 0 bridgehead atoms. The van der Waals surface area contributed by atoms with Gasteiger partial charge in [0.2, 0.25) is 0 Å². The van der Waals surface area contributed by atoms with Crippen LogP contribution in [-0.2, 0) is 0 Å². The number of hydrogen-bond acceptors (Lipinski definition) is 2. The minimum atomic E-state index is 0.0193. The molecular weight excluding hydrogens is 270 g/mol.